The van der Waals surface area contributed by atoms with Crippen molar-refractivity contribution in [2.24, 2.45) is 5.92 Å². The molecule has 0 spiro atoms. The fraction of sp³-hybridized carbons (Fsp3) is 0.571. The van der Waals surface area contributed by atoms with Crippen molar-refractivity contribution in [1.82, 2.24) is 10.3 Å². The van der Waals surface area contributed by atoms with Crippen molar-refractivity contribution in [2.45, 2.75) is 37.7 Å². The topological polar surface area (TPSA) is 63.2 Å². The summed E-state index contributed by atoms with van der Waals surface area (Å²) in [7, 11) is 0. The second kappa shape index (κ2) is 5.83. The number of amides is 1. The minimum atomic E-state index is -4.49. The molecule has 0 radical (unpaired) electrons. The van der Waals surface area contributed by atoms with Crippen LogP contribution in [0.4, 0.5) is 19.0 Å². The molecule has 2 heterocycles. The van der Waals surface area contributed by atoms with Crippen LogP contribution in [-0.4, -0.2) is 35.7 Å². The summed E-state index contributed by atoms with van der Waals surface area (Å²) in [6.07, 6.45) is -3.02. The van der Waals surface area contributed by atoms with Crippen LogP contribution in [0.3, 0.4) is 0 Å². The monoisotopic (exact) mass is 349 g/mol. The van der Waals surface area contributed by atoms with Gasteiger partial charge in [0.15, 0.2) is 0 Å². The molecule has 2 fully saturated rings. The SMILES string of the molecule is CC(=O)N[C@@H]1[C@@H](Nc2ncc(C(F)(F)F)cc2Cl)[C@H]2CCO[C@H]21. The summed E-state index contributed by atoms with van der Waals surface area (Å²) >= 11 is 5.91. The number of fused-ring (bicyclic) bond motifs is 1. The van der Waals surface area contributed by atoms with Crippen LogP contribution in [0.5, 0.6) is 0 Å². The molecular formula is C14H15ClF3N3O2. The van der Waals surface area contributed by atoms with Gasteiger partial charge in [0.2, 0.25) is 5.91 Å². The number of hydrogen-bond acceptors (Lipinski definition) is 4. The molecule has 2 N–H and O–H groups in total. The van der Waals surface area contributed by atoms with E-state index in [1.807, 2.05) is 0 Å². The number of nitrogens with zero attached hydrogens (tertiary/aromatic N) is 1. The van der Waals surface area contributed by atoms with E-state index in [0.29, 0.717) is 6.61 Å². The molecule has 1 aliphatic heterocycles. The summed E-state index contributed by atoms with van der Waals surface area (Å²) in [6, 6.07) is 0.416. The van der Waals surface area contributed by atoms with Crippen molar-refractivity contribution < 1.29 is 22.7 Å². The smallest absolute Gasteiger partial charge is 0.376 e. The molecule has 4 atom stereocenters. The lowest BCUT2D eigenvalue weighted by molar-refractivity contribution is -0.137. The van der Waals surface area contributed by atoms with Crippen LogP contribution in [0.1, 0.15) is 18.9 Å². The number of carbonyl (C=O) groups is 1. The van der Waals surface area contributed by atoms with Crippen molar-refractivity contribution in [3.63, 3.8) is 0 Å². The van der Waals surface area contributed by atoms with Crippen LogP contribution < -0.4 is 10.6 Å². The highest BCUT2D eigenvalue weighted by atomic mass is 35.5. The normalized spacial score (nSPS) is 29.6. The number of alkyl halides is 3. The number of nitrogens with one attached hydrogen (secondary N) is 2. The molecule has 1 amide bonds. The van der Waals surface area contributed by atoms with Crippen molar-refractivity contribution in [3.8, 4) is 0 Å². The molecule has 23 heavy (non-hydrogen) atoms. The van der Waals surface area contributed by atoms with Crippen molar-refractivity contribution in [1.29, 1.82) is 0 Å². The first-order valence-corrected chi connectivity index (χ1v) is 7.53. The summed E-state index contributed by atoms with van der Waals surface area (Å²) in [6.45, 7) is 2.00. The molecule has 126 valence electrons. The lowest BCUT2D eigenvalue weighted by atomic mass is 9.71. The van der Waals surface area contributed by atoms with Crippen LogP contribution in [-0.2, 0) is 15.7 Å². The Morgan fingerprint density at radius 2 is 2.17 bits per heavy atom. The van der Waals surface area contributed by atoms with Gasteiger partial charge in [0.05, 0.1) is 28.8 Å². The highest BCUT2D eigenvalue weighted by molar-refractivity contribution is 6.33. The maximum Gasteiger partial charge on any atom is 0.417 e. The Labute approximate surface area is 135 Å². The fourth-order valence-corrected chi connectivity index (χ4v) is 3.39. The maximum absolute atomic E-state index is 12.6. The summed E-state index contributed by atoms with van der Waals surface area (Å²) in [4.78, 5) is 15.1. The molecule has 0 aromatic carbocycles. The molecule has 5 nitrogen and oxygen atoms in total. The minimum Gasteiger partial charge on any atom is -0.376 e. The first-order valence-electron chi connectivity index (χ1n) is 7.15. The largest absolute Gasteiger partial charge is 0.417 e. The number of carbonyl (C=O) groups excluding carboxylic acids is 1. The van der Waals surface area contributed by atoms with Crippen LogP contribution in [0.15, 0.2) is 12.3 Å². The molecule has 1 aromatic heterocycles. The lowest BCUT2D eigenvalue weighted by Gasteiger charge is -2.48. The highest BCUT2D eigenvalue weighted by Crippen LogP contribution is 2.41. The first kappa shape index (κ1) is 16.3. The van der Waals surface area contributed by atoms with Gasteiger partial charge in [-0.1, -0.05) is 11.6 Å². The first-order chi connectivity index (χ1) is 10.8. The van der Waals surface area contributed by atoms with Gasteiger partial charge in [-0.15, -0.1) is 0 Å². The fourth-order valence-electron chi connectivity index (χ4n) is 3.17. The molecule has 1 aromatic rings. The molecule has 1 saturated carbocycles. The predicted octanol–water partition coefficient (Wildman–Crippen LogP) is 2.46. The van der Waals surface area contributed by atoms with Crippen LogP contribution in [0.2, 0.25) is 5.02 Å². The Hall–Kier alpha value is -1.54. The second-order valence-corrected chi connectivity index (χ2v) is 6.14. The van der Waals surface area contributed by atoms with Gasteiger partial charge >= 0.3 is 6.18 Å². The van der Waals surface area contributed by atoms with Crippen molar-refractivity contribution in [2.75, 3.05) is 11.9 Å². The van der Waals surface area contributed by atoms with Gasteiger partial charge in [-0.2, -0.15) is 13.2 Å². The van der Waals surface area contributed by atoms with Gasteiger partial charge in [0.25, 0.3) is 0 Å². The molecule has 1 aliphatic carbocycles. The second-order valence-electron chi connectivity index (χ2n) is 5.74. The number of hydrogen-bond donors (Lipinski definition) is 2. The molecule has 0 bridgehead atoms. The Bertz CT molecular complexity index is 626. The van der Waals surface area contributed by atoms with Gasteiger partial charge < -0.3 is 15.4 Å². The van der Waals surface area contributed by atoms with Crippen LogP contribution in [0, 0.1) is 5.92 Å². The number of ether oxygens (including phenoxy) is 1. The quantitative estimate of drug-likeness (QED) is 0.880. The number of aromatic nitrogens is 1. The third-order valence-electron chi connectivity index (χ3n) is 4.23. The van der Waals surface area contributed by atoms with Crippen molar-refractivity contribution in [3.05, 3.63) is 22.8 Å². The standard InChI is InChI=1S/C14H15ClF3N3O2/c1-6(22)20-11-10(8-2-3-23-12(8)11)21-13-9(15)4-7(5-19-13)14(16,17)18/h4-5,8,10-12H,2-3H2,1H3,(H,19,21)(H,20,22)/t8-,10+,11-,12-/m1/s1. The van der Waals surface area contributed by atoms with E-state index >= 15 is 0 Å². The summed E-state index contributed by atoms with van der Waals surface area (Å²) in [5, 5.41) is 5.74. The number of halogens is 4. The Balaban J connectivity index is 1.77. The van der Waals surface area contributed by atoms with Gasteiger partial charge in [0.1, 0.15) is 5.82 Å². The Morgan fingerprint density at radius 1 is 1.43 bits per heavy atom. The zero-order valence-corrected chi connectivity index (χ0v) is 12.9. The maximum atomic E-state index is 12.6. The molecular weight excluding hydrogens is 335 g/mol. The third kappa shape index (κ3) is 3.10. The molecule has 9 heteroatoms. The van der Waals surface area contributed by atoms with Crippen molar-refractivity contribution >= 4 is 23.3 Å². The van der Waals surface area contributed by atoms with Gasteiger partial charge in [0, 0.05) is 25.6 Å². The van der Waals surface area contributed by atoms with E-state index in [0.717, 1.165) is 18.7 Å². The molecule has 0 unspecified atom stereocenters. The molecule has 3 rings (SSSR count). The Morgan fingerprint density at radius 3 is 2.78 bits per heavy atom. The van der Waals surface area contributed by atoms with E-state index in [1.54, 1.807) is 0 Å². The number of rotatable bonds is 3. The highest BCUT2D eigenvalue weighted by Gasteiger charge is 2.54. The summed E-state index contributed by atoms with van der Waals surface area (Å²) in [5.41, 5.74) is -0.901. The van der Waals surface area contributed by atoms with Gasteiger partial charge in [-0.05, 0) is 12.5 Å². The van der Waals surface area contributed by atoms with E-state index in [4.69, 9.17) is 16.3 Å². The van der Waals surface area contributed by atoms with E-state index in [9.17, 15) is 18.0 Å². The average Bonchev–Trinajstić information content (AvgIpc) is 2.87. The average molecular weight is 350 g/mol. The van der Waals surface area contributed by atoms with E-state index < -0.39 is 11.7 Å². The van der Waals surface area contributed by atoms with Crippen LogP contribution >= 0.6 is 11.6 Å². The zero-order chi connectivity index (χ0) is 16.8. The van der Waals surface area contributed by atoms with E-state index in [1.165, 1.54) is 6.92 Å². The van der Waals surface area contributed by atoms with Gasteiger partial charge in [-0.3, -0.25) is 4.79 Å². The lowest BCUT2D eigenvalue weighted by Crippen LogP contribution is -2.68. The summed E-state index contributed by atoms with van der Waals surface area (Å²) in [5.74, 6) is 0.152. The predicted molar refractivity (Wildman–Crippen MR) is 77.1 cm³/mol. The third-order valence-corrected chi connectivity index (χ3v) is 4.52. The Kier molecular flexibility index (Phi) is 4.14. The number of anilines is 1. The number of pyridine rings is 1. The summed E-state index contributed by atoms with van der Waals surface area (Å²) < 4.78 is 43.5. The van der Waals surface area contributed by atoms with Crippen LogP contribution in [0.25, 0.3) is 0 Å². The van der Waals surface area contributed by atoms with Gasteiger partial charge in [-0.25, -0.2) is 4.98 Å². The van der Waals surface area contributed by atoms with E-state index in [-0.39, 0.29) is 40.9 Å². The minimum absolute atomic E-state index is 0.0791. The molecule has 1 saturated heterocycles. The van der Waals surface area contributed by atoms with E-state index in [2.05, 4.69) is 15.6 Å². The molecule has 2 aliphatic rings. The zero-order valence-electron chi connectivity index (χ0n) is 12.2.